The molecule has 2 aliphatic rings. The lowest BCUT2D eigenvalue weighted by Gasteiger charge is -2.36. The Balaban J connectivity index is 1.14. The largest absolute Gasteiger partial charge is 0.471 e. The van der Waals surface area contributed by atoms with Crippen LogP contribution in [0.5, 0.6) is 0 Å². The standard InChI is InChI=1S/C36H37N3O5/c1-41-34(40)32-25-43-35(42-2)33-26(20-21-31(32)33)23-39-24-30(37-38-39)19-12-22-44-36(27-13-6-3-7-14-27,28-15-8-4-9-16-28)29-17-10-5-11-18-29/h3-11,13-18,20,24-25,31,33,35H,12,19,21-23H2,1-2H3/t31-,33-,35-/m1/s1. The molecule has 0 amide bonds. The maximum Gasteiger partial charge on any atom is 0.337 e. The van der Waals surface area contributed by atoms with Crippen LogP contribution in [0.1, 0.15) is 35.2 Å². The Hall–Kier alpha value is -4.53. The smallest absolute Gasteiger partial charge is 0.337 e. The minimum atomic E-state index is -0.746. The lowest BCUT2D eigenvalue weighted by atomic mass is 9.80. The van der Waals surface area contributed by atoms with E-state index in [4.69, 9.17) is 18.9 Å². The molecule has 0 unspecified atom stereocenters. The third-order valence-electron chi connectivity index (χ3n) is 8.54. The minimum Gasteiger partial charge on any atom is -0.471 e. The van der Waals surface area contributed by atoms with Crippen LogP contribution in [0.25, 0.3) is 0 Å². The van der Waals surface area contributed by atoms with E-state index in [9.17, 15) is 4.79 Å². The zero-order valence-corrected chi connectivity index (χ0v) is 25.0. The number of hydrogen-bond donors (Lipinski definition) is 0. The molecule has 44 heavy (non-hydrogen) atoms. The van der Waals surface area contributed by atoms with E-state index in [0.717, 1.165) is 47.2 Å². The molecule has 0 bridgehead atoms. The summed E-state index contributed by atoms with van der Waals surface area (Å²) < 4.78 is 25.1. The molecular formula is C36H37N3O5. The summed E-state index contributed by atoms with van der Waals surface area (Å²) in [6.07, 6.45) is 7.35. The van der Waals surface area contributed by atoms with Crippen molar-refractivity contribution in [2.24, 2.45) is 11.8 Å². The molecule has 0 saturated heterocycles. The Kier molecular flexibility index (Phi) is 9.00. The number of allylic oxidation sites excluding steroid dienone is 1. The highest BCUT2D eigenvalue weighted by atomic mass is 16.7. The summed E-state index contributed by atoms with van der Waals surface area (Å²) in [6.45, 7) is 1.07. The quantitative estimate of drug-likeness (QED) is 0.0886. The average Bonchev–Trinajstić information content (AvgIpc) is 3.72. The van der Waals surface area contributed by atoms with E-state index in [-0.39, 0.29) is 17.8 Å². The molecule has 1 aromatic heterocycles. The van der Waals surface area contributed by atoms with E-state index in [1.807, 2.05) is 29.1 Å². The molecule has 0 saturated carbocycles. The van der Waals surface area contributed by atoms with E-state index in [2.05, 4.69) is 89.2 Å². The van der Waals surface area contributed by atoms with Crippen LogP contribution in [-0.4, -0.2) is 48.1 Å². The Bertz CT molecular complexity index is 1500. The molecule has 6 rings (SSSR count). The molecule has 1 aliphatic heterocycles. The second-order valence-electron chi connectivity index (χ2n) is 11.1. The fourth-order valence-electron chi connectivity index (χ4n) is 6.47. The summed E-state index contributed by atoms with van der Waals surface area (Å²) in [5.74, 6) is -0.511. The van der Waals surface area contributed by atoms with Crippen molar-refractivity contribution < 1.29 is 23.7 Å². The first-order valence-electron chi connectivity index (χ1n) is 15.0. The normalized spacial score (nSPS) is 19.5. The van der Waals surface area contributed by atoms with Gasteiger partial charge in [-0.2, -0.15) is 0 Å². The van der Waals surface area contributed by atoms with Crippen LogP contribution in [0.2, 0.25) is 0 Å². The Morgan fingerprint density at radius 2 is 1.55 bits per heavy atom. The monoisotopic (exact) mass is 591 g/mol. The number of aromatic nitrogens is 3. The molecule has 0 spiro atoms. The predicted molar refractivity (Wildman–Crippen MR) is 165 cm³/mol. The summed E-state index contributed by atoms with van der Waals surface area (Å²) in [4.78, 5) is 12.3. The van der Waals surface area contributed by atoms with Crippen LogP contribution in [0.4, 0.5) is 0 Å². The van der Waals surface area contributed by atoms with Gasteiger partial charge < -0.3 is 18.9 Å². The molecule has 226 valence electrons. The van der Waals surface area contributed by atoms with Gasteiger partial charge in [-0.05, 0) is 41.5 Å². The van der Waals surface area contributed by atoms with E-state index in [1.54, 1.807) is 7.11 Å². The maximum absolute atomic E-state index is 12.3. The molecule has 0 N–H and O–H groups in total. The second-order valence-corrected chi connectivity index (χ2v) is 11.1. The highest BCUT2D eigenvalue weighted by molar-refractivity contribution is 5.89. The molecule has 2 heterocycles. The number of carbonyl (C=O) groups is 1. The van der Waals surface area contributed by atoms with Crippen LogP contribution in [0, 0.1) is 11.8 Å². The van der Waals surface area contributed by atoms with Crippen molar-refractivity contribution >= 4 is 5.97 Å². The van der Waals surface area contributed by atoms with Gasteiger partial charge in [-0.25, -0.2) is 9.48 Å². The number of esters is 1. The number of nitrogens with zero attached hydrogens (tertiary/aromatic N) is 3. The van der Waals surface area contributed by atoms with E-state index in [1.165, 1.54) is 13.4 Å². The van der Waals surface area contributed by atoms with Crippen molar-refractivity contribution in [2.45, 2.75) is 37.7 Å². The number of hydrogen-bond acceptors (Lipinski definition) is 7. The zero-order chi connectivity index (χ0) is 30.4. The maximum atomic E-state index is 12.3. The van der Waals surface area contributed by atoms with Crippen LogP contribution < -0.4 is 0 Å². The molecule has 8 heteroatoms. The Morgan fingerprint density at radius 1 is 0.932 bits per heavy atom. The molecule has 3 aromatic carbocycles. The van der Waals surface area contributed by atoms with Crippen molar-refractivity contribution in [1.82, 2.24) is 15.0 Å². The minimum absolute atomic E-state index is 0.0459. The second kappa shape index (κ2) is 13.4. The number of fused-ring (bicyclic) bond motifs is 1. The van der Waals surface area contributed by atoms with E-state index >= 15 is 0 Å². The molecule has 4 aromatic rings. The summed E-state index contributed by atoms with van der Waals surface area (Å²) in [5.41, 5.74) is 5.04. The third-order valence-corrected chi connectivity index (χ3v) is 8.54. The van der Waals surface area contributed by atoms with Crippen LogP contribution in [-0.2, 0) is 42.3 Å². The number of rotatable bonds is 12. The molecule has 3 atom stereocenters. The fourth-order valence-corrected chi connectivity index (χ4v) is 6.47. The first kappa shape index (κ1) is 29.5. The first-order valence-corrected chi connectivity index (χ1v) is 15.0. The van der Waals surface area contributed by atoms with E-state index in [0.29, 0.717) is 18.7 Å². The van der Waals surface area contributed by atoms with Gasteiger partial charge in [-0.15, -0.1) is 5.10 Å². The van der Waals surface area contributed by atoms with Crippen molar-refractivity contribution in [1.29, 1.82) is 0 Å². The van der Waals surface area contributed by atoms with Crippen molar-refractivity contribution in [3.05, 3.63) is 143 Å². The number of benzene rings is 3. The third kappa shape index (κ3) is 5.83. The lowest BCUT2D eigenvalue weighted by molar-refractivity contribution is -0.146. The topological polar surface area (TPSA) is 84.7 Å². The van der Waals surface area contributed by atoms with Crippen LogP contribution in [0.3, 0.4) is 0 Å². The molecule has 0 radical (unpaired) electrons. The van der Waals surface area contributed by atoms with Crippen LogP contribution >= 0.6 is 0 Å². The number of ether oxygens (including phenoxy) is 4. The van der Waals surface area contributed by atoms with Crippen LogP contribution in [0.15, 0.2) is 121 Å². The molecule has 8 nitrogen and oxygen atoms in total. The van der Waals surface area contributed by atoms with Crippen molar-refractivity contribution in [3.8, 4) is 0 Å². The zero-order valence-electron chi connectivity index (χ0n) is 25.0. The summed E-state index contributed by atoms with van der Waals surface area (Å²) in [6, 6.07) is 31.2. The molecule has 0 fully saturated rings. The number of methoxy groups -OCH3 is 2. The highest BCUT2D eigenvalue weighted by Crippen LogP contribution is 2.44. The van der Waals surface area contributed by atoms with Gasteiger partial charge in [0.2, 0.25) is 6.29 Å². The van der Waals surface area contributed by atoms with Gasteiger partial charge in [0, 0.05) is 25.8 Å². The van der Waals surface area contributed by atoms with Crippen molar-refractivity contribution in [2.75, 3.05) is 20.8 Å². The molecular weight excluding hydrogens is 554 g/mol. The van der Waals surface area contributed by atoms with Gasteiger partial charge in [0.05, 0.1) is 37.1 Å². The van der Waals surface area contributed by atoms with Gasteiger partial charge in [0.15, 0.2) is 0 Å². The van der Waals surface area contributed by atoms with Gasteiger partial charge in [0.1, 0.15) is 5.60 Å². The van der Waals surface area contributed by atoms with Crippen molar-refractivity contribution in [3.63, 3.8) is 0 Å². The fraction of sp³-hybridized carbons (Fsp3) is 0.306. The molecule has 1 aliphatic carbocycles. The predicted octanol–water partition coefficient (Wildman–Crippen LogP) is 5.84. The first-order chi connectivity index (χ1) is 21.6. The van der Waals surface area contributed by atoms with Gasteiger partial charge in [0.25, 0.3) is 0 Å². The summed E-state index contributed by atoms with van der Waals surface area (Å²) >= 11 is 0. The summed E-state index contributed by atoms with van der Waals surface area (Å²) in [5, 5.41) is 8.85. The Morgan fingerprint density at radius 3 is 2.11 bits per heavy atom. The Labute approximate surface area is 257 Å². The number of carbonyl (C=O) groups excluding carboxylic acids is 1. The number of aryl methyl sites for hydroxylation is 1. The lowest BCUT2D eigenvalue weighted by Crippen LogP contribution is -2.37. The van der Waals surface area contributed by atoms with Gasteiger partial charge >= 0.3 is 5.97 Å². The average molecular weight is 592 g/mol. The highest BCUT2D eigenvalue weighted by Gasteiger charge is 2.44. The van der Waals surface area contributed by atoms with Gasteiger partial charge in [-0.3, -0.25) is 0 Å². The SMILES string of the molecule is COC(=O)C1=CO[C@@H](OC)[C@@H]2C(Cn3cc(CCCOC(c4ccccc4)(c4ccccc4)c4ccccc4)nn3)=CC[C@H]12. The van der Waals surface area contributed by atoms with E-state index < -0.39 is 11.9 Å². The van der Waals surface area contributed by atoms with Gasteiger partial charge in [-0.1, -0.05) is 102 Å². The summed E-state index contributed by atoms with van der Waals surface area (Å²) in [7, 11) is 3.00.